The van der Waals surface area contributed by atoms with E-state index in [1.54, 1.807) is 24.4 Å². The van der Waals surface area contributed by atoms with E-state index in [4.69, 9.17) is 10.5 Å². The van der Waals surface area contributed by atoms with E-state index in [2.05, 4.69) is 10.3 Å². The summed E-state index contributed by atoms with van der Waals surface area (Å²) in [6.45, 7) is 1.15. The quantitative estimate of drug-likeness (QED) is 0.892. The number of methoxy groups -OCH3 is 1. The number of hydrogen-bond donors (Lipinski definition) is 2. The fourth-order valence-corrected chi connectivity index (χ4v) is 3.49. The third-order valence-electron chi connectivity index (χ3n) is 4.13. The Kier molecular flexibility index (Phi) is 4.49. The number of nitrogens with two attached hydrogens (primary N) is 1. The summed E-state index contributed by atoms with van der Waals surface area (Å²) in [5, 5.41) is 5.46. The molecule has 1 aromatic heterocycles. The molecule has 1 amide bonds. The van der Waals surface area contributed by atoms with Crippen molar-refractivity contribution in [3.05, 3.63) is 40.9 Å². The number of nitrogens with one attached hydrogen (secondary N) is 1. The molecule has 0 saturated carbocycles. The van der Waals surface area contributed by atoms with Gasteiger partial charge in [-0.3, -0.25) is 4.79 Å². The molecule has 1 saturated heterocycles. The van der Waals surface area contributed by atoms with Gasteiger partial charge in [-0.2, -0.15) is 0 Å². The van der Waals surface area contributed by atoms with Crippen LogP contribution in [0.1, 0.15) is 22.0 Å². The van der Waals surface area contributed by atoms with Crippen LogP contribution in [0.5, 0.6) is 5.75 Å². The first-order chi connectivity index (χ1) is 11.1. The number of nitrogens with zero attached hydrogens (tertiary/aromatic N) is 2. The lowest BCUT2D eigenvalue weighted by Crippen LogP contribution is -2.32. The van der Waals surface area contributed by atoms with E-state index in [1.165, 1.54) is 11.3 Å². The summed E-state index contributed by atoms with van der Waals surface area (Å²) in [6.07, 6.45) is 0. The van der Waals surface area contributed by atoms with Crippen molar-refractivity contribution in [2.24, 2.45) is 5.73 Å². The van der Waals surface area contributed by atoms with Gasteiger partial charge in [0, 0.05) is 37.5 Å². The van der Waals surface area contributed by atoms with Crippen LogP contribution >= 0.6 is 11.3 Å². The van der Waals surface area contributed by atoms with Gasteiger partial charge in [0.25, 0.3) is 5.91 Å². The van der Waals surface area contributed by atoms with Crippen LogP contribution in [0.15, 0.2) is 29.6 Å². The molecule has 0 unspecified atom stereocenters. The maximum atomic E-state index is 12.6. The molecule has 0 aliphatic carbocycles. The molecule has 6 nitrogen and oxygen atoms in total. The summed E-state index contributed by atoms with van der Waals surface area (Å²) < 4.78 is 5.18. The molecule has 23 heavy (non-hydrogen) atoms. The number of benzene rings is 1. The summed E-state index contributed by atoms with van der Waals surface area (Å²) in [5.74, 6) is 0.886. The molecule has 1 fully saturated rings. The van der Waals surface area contributed by atoms with Crippen LogP contribution in [0.4, 0.5) is 5.13 Å². The fraction of sp³-hybridized carbons (Fsp3) is 0.375. The first-order valence-corrected chi connectivity index (χ1v) is 8.32. The predicted octanol–water partition coefficient (Wildman–Crippen LogP) is 1.76. The average molecular weight is 332 g/mol. The minimum atomic E-state index is -0.0743. The second kappa shape index (κ2) is 6.55. The molecule has 7 heteroatoms. The number of ether oxygens (including phenoxy) is 1. The molecule has 2 heterocycles. The summed E-state index contributed by atoms with van der Waals surface area (Å²) in [6, 6.07) is 7.80. The van der Waals surface area contributed by atoms with Crippen LogP contribution in [-0.4, -0.2) is 49.1 Å². The number of amides is 1. The number of likely N-dealkylation sites (tertiary alicyclic amines) is 1. The highest BCUT2D eigenvalue weighted by Crippen LogP contribution is 2.29. The van der Waals surface area contributed by atoms with Crippen LogP contribution < -0.4 is 15.8 Å². The monoisotopic (exact) mass is 332 g/mol. The van der Waals surface area contributed by atoms with Crippen LogP contribution in [0.25, 0.3) is 0 Å². The number of thiazole rings is 1. The van der Waals surface area contributed by atoms with E-state index in [9.17, 15) is 4.79 Å². The minimum absolute atomic E-state index is 0.0609. The smallest absolute Gasteiger partial charge is 0.273 e. The SMILES string of the molecule is CNc1nc(C(=O)N2C[C@H](c3ccc(OC)cc3)[C@@H](N)C2)cs1. The van der Waals surface area contributed by atoms with Gasteiger partial charge in [0.2, 0.25) is 0 Å². The summed E-state index contributed by atoms with van der Waals surface area (Å²) >= 11 is 1.42. The van der Waals surface area contributed by atoms with Gasteiger partial charge in [-0.15, -0.1) is 11.3 Å². The maximum absolute atomic E-state index is 12.6. The molecule has 2 atom stereocenters. The minimum Gasteiger partial charge on any atom is -0.497 e. The number of rotatable bonds is 4. The lowest BCUT2D eigenvalue weighted by Gasteiger charge is -2.15. The van der Waals surface area contributed by atoms with Crippen molar-refractivity contribution in [1.29, 1.82) is 0 Å². The van der Waals surface area contributed by atoms with E-state index in [-0.39, 0.29) is 17.9 Å². The van der Waals surface area contributed by atoms with Gasteiger partial charge in [-0.25, -0.2) is 4.98 Å². The van der Waals surface area contributed by atoms with Gasteiger partial charge >= 0.3 is 0 Å². The molecular formula is C16H20N4O2S. The third-order valence-corrected chi connectivity index (χ3v) is 4.99. The Balaban J connectivity index is 1.73. The standard InChI is InChI=1S/C16H20N4O2S/c1-18-16-19-14(9-23-16)15(21)20-7-12(13(17)8-20)10-3-5-11(22-2)6-4-10/h3-6,9,12-13H,7-8,17H2,1-2H3,(H,18,19)/t12-,13+/m1/s1. The number of carbonyl (C=O) groups excluding carboxylic acids is 1. The van der Waals surface area contributed by atoms with Crippen molar-refractivity contribution < 1.29 is 9.53 Å². The van der Waals surface area contributed by atoms with Gasteiger partial charge in [-0.1, -0.05) is 12.1 Å². The van der Waals surface area contributed by atoms with E-state index in [0.717, 1.165) is 16.4 Å². The molecule has 0 radical (unpaired) electrons. The third kappa shape index (κ3) is 3.16. The highest BCUT2D eigenvalue weighted by molar-refractivity contribution is 7.13. The highest BCUT2D eigenvalue weighted by Gasteiger charge is 2.35. The zero-order valence-electron chi connectivity index (χ0n) is 13.2. The molecule has 2 aromatic rings. The van der Waals surface area contributed by atoms with Crippen LogP contribution in [0.3, 0.4) is 0 Å². The van der Waals surface area contributed by atoms with Gasteiger partial charge in [0.05, 0.1) is 7.11 Å². The lowest BCUT2D eigenvalue weighted by atomic mass is 9.95. The summed E-state index contributed by atoms with van der Waals surface area (Å²) in [7, 11) is 3.43. The molecule has 0 bridgehead atoms. The fourth-order valence-electron chi connectivity index (χ4n) is 2.85. The van der Waals surface area contributed by atoms with E-state index >= 15 is 0 Å². The normalized spacial score (nSPS) is 20.6. The van der Waals surface area contributed by atoms with Gasteiger partial charge in [-0.05, 0) is 17.7 Å². The Bertz CT molecular complexity index is 686. The summed E-state index contributed by atoms with van der Waals surface area (Å²) in [4.78, 5) is 18.6. The molecule has 122 valence electrons. The number of hydrogen-bond acceptors (Lipinski definition) is 6. The van der Waals surface area contributed by atoms with E-state index in [1.807, 2.05) is 24.3 Å². The Morgan fingerprint density at radius 1 is 1.39 bits per heavy atom. The maximum Gasteiger partial charge on any atom is 0.273 e. The van der Waals surface area contributed by atoms with Crippen molar-refractivity contribution in [1.82, 2.24) is 9.88 Å². The second-order valence-electron chi connectivity index (χ2n) is 5.54. The predicted molar refractivity (Wildman–Crippen MR) is 91.3 cm³/mol. The second-order valence-corrected chi connectivity index (χ2v) is 6.40. The topological polar surface area (TPSA) is 80.5 Å². The van der Waals surface area contributed by atoms with E-state index in [0.29, 0.717) is 18.8 Å². The van der Waals surface area contributed by atoms with Crippen LogP contribution in [0, 0.1) is 0 Å². The van der Waals surface area contributed by atoms with Crippen molar-refractivity contribution >= 4 is 22.4 Å². The van der Waals surface area contributed by atoms with Crippen molar-refractivity contribution in [2.45, 2.75) is 12.0 Å². The van der Waals surface area contributed by atoms with Gasteiger partial charge in [0.15, 0.2) is 5.13 Å². The largest absolute Gasteiger partial charge is 0.497 e. The van der Waals surface area contributed by atoms with Crippen molar-refractivity contribution in [3.63, 3.8) is 0 Å². The number of carbonyl (C=O) groups is 1. The molecule has 1 aliphatic heterocycles. The van der Waals surface area contributed by atoms with Crippen LogP contribution in [-0.2, 0) is 0 Å². The van der Waals surface area contributed by atoms with Crippen LogP contribution in [0.2, 0.25) is 0 Å². The number of aromatic nitrogens is 1. The van der Waals surface area contributed by atoms with Gasteiger partial charge in [0.1, 0.15) is 11.4 Å². The van der Waals surface area contributed by atoms with Gasteiger partial charge < -0.3 is 20.7 Å². The Hall–Kier alpha value is -2.12. The lowest BCUT2D eigenvalue weighted by molar-refractivity contribution is 0.0784. The molecular weight excluding hydrogens is 312 g/mol. The Morgan fingerprint density at radius 2 is 2.13 bits per heavy atom. The Labute approximate surface area is 139 Å². The van der Waals surface area contributed by atoms with E-state index < -0.39 is 0 Å². The van der Waals surface area contributed by atoms with Crippen molar-refractivity contribution in [3.8, 4) is 5.75 Å². The molecule has 3 rings (SSSR count). The number of anilines is 1. The highest BCUT2D eigenvalue weighted by atomic mass is 32.1. The molecule has 3 N–H and O–H groups in total. The first kappa shape index (κ1) is 15.8. The Morgan fingerprint density at radius 3 is 2.74 bits per heavy atom. The summed E-state index contributed by atoms with van der Waals surface area (Å²) in [5.41, 5.74) is 7.87. The molecule has 0 spiro atoms. The van der Waals surface area contributed by atoms with Crippen molar-refractivity contribution in [2.75, 3.05) is 32.6 Å². The zero-order chi connectivity index (χ0) is 16.4. The zero-order valence-corrected chi connectivity index (χ0v) is 14.0. The first-order valence-electron chi connectivity index (χ1n) is 7.44. The average Bonchev–Trinajstić information content (AvgIpc) is 3.21. The molecule has 1 aliphatic rings. The molecule has 1 aromatic carbocycles.